The molecule has 0 spiro atoms. The second-order valence-corrected chi connectivity index (χ2v) is 3.14. The van der Waals surface area contributed by atoms with Crippen LogP contribution >= 0.6 is 22.6 Å². The lowest BCUT2D eigenvalue weighted by Gasteiger charge is -2.01. The molecular weight excluding hydrogens is 283 g/mol. The number of hydrogen-bond acceptors (Lipinski definition) is 3. The molecule has 0 aromatic rings. The Morgan fingerprint density at radius 3 is 2.85 bits per heavy atom. The summed E-state index contributed by atoms with van der Waals surface area (Å²) in [4.78, 5) is 10.8. The molecule has 0 N–H and O–H groups in total. The molecule has 3 nitrogen and oxygen atoms in total. The summed E-state index contributed by atoms with van der Waals surface area (Å²) >= 11 is 2.25. The molecule has 0 bridgehead atoms. The molecule has 0 rings (SSSR count). The number of carbonyl (C=O) groups is 1. The maximum absolute atomic E-state index is 10.8. The normalized spacial score (nSPS) is 10.6. The molecule has 0 radical (unpaired) electrons. The van der Waals surface area contributed by atoms with Crippen LogP contribution in [0.3, 0.4) is 0 Å². The number of esters is 1. The first-order valence-corrected chi connectivity index (χ1v) is 5.78. The number of alkyl halides is 1. The zero-order valence-electron chi connectivity index (χ0n) is 7.79. The van der Waals surface area contributed by atoms with Gasteiger partial charge in [-0.05, 0) is 6.92 Å². The van der Waals surface area contributed by atoms with Crippen molar-refractivity contribution < 1.29 is 14.3 Å². The van der Waals surface area contributed by atoms with Crippen molar-refractivity contribution in [2.75, 3.05) is 24.2 Å². The molecule has 0 aliphatic heterocycles. The molecule has 0 heterocycles. The standard InChI is InChI=1S/C9H15IO3/c1-2-13-9(11)5-8-12-7-4-3-6-10/h3-4H,2,5-8H2,1H3/b4-3+. The van der Waals surface area contributed by atoms with Crippen molar-refractivity contribution in [1.82, 2.24) is 0 Å². The highest BCUT2D eigenvalue weighted by Crippen LogP contribution is 1.89. The maximum atomic E-state index is 10.8. The van der Waals surface area contributed by atoms with Crippen LogP contribution in [0, 0.1) is 0 Å². The molecular formula is C9H15IO3. The summed E-state index contributed by atoms with van der Waals surface area (Å²) in [7, 11) is 0. The van der Waals surface area contributed by atoms with E-state index in [0.29, 0.717) is 26.2 Å². The van der Waals surface area contributed by atoms with Gasteiger partial charge in [-0.15, -0.1) is 0 Å². The third-order valence-electron chi connectivity index (χ3n) is 1.23. The van der Waals surface area contributed by atoms with E-state index in [2.05, 4.69) is 22.6 Å². The van der Waals surface area contributed by atoms with Crippen molar-refractivity contribution in [3.8, 4) is 0 Å². The molecule has 0 aliphatic carbocycles. The monoisotopic (exact) mass is 298 g/mol. The van der Waals surface area contributed by atoms with E-state index >= 15 is 0 Å². The van der Waals surface area contributed by atoms with Crippen LogP contribution in [0.25, 0.3) is 0 Å². The van der Waals surface area contributed by atoms with Crippen molar-refractivity contribution in [1.29, 1.82) is 0 Å². The maximum Gasteiger partial charge on any atom is 0.308 e. The minimum Gasteiger partial charge on any atom is -0.466 e. The highest BCUT2D eigenvalue weighted by molar-refractivity contribution is 14.1. The molecule has 4 heteroatoms. The Morgan fingerprint density at radius 2 is 2.23 bits per heavy atom. The van der Waals surface area contributed by atoms with Gasteiger partial charge in [-0.2, -0.15) is 0 Å². The predicted molar refractivity (Wildman–Crippen MR) is 60.1 cm³/mol. The lowest BCUT2D eigenvalue weighted by molar-refractivity contribution is -0.144. The third-order valence-corrected chi connectivity index (χ3v) is 1.73. The molecule has 76 valence electrons. The van der Waals surface area contributed by atoms with Gasteiger partial charge in [-0.3, -0.25) is 4.79 Å². The van der Waals surface area contributed by atoms with Gasteiger partial charge in [0, 0.05) is 4.43 Å². The van der Waals surface area contributed by atoms with Gasteiger partial charge in [0.1, 0.15) is 0 Å². The van der Waals surface area contributed by atoms with Gasteiger partial charge in [0.05, 0.1) is 26.2 Å². The quantitative estimate of drug-likeness (QED) is 0.237. The van der Waals surface area contributed by atoms with E-state index in [1.54, 1.807) is 6.92 Å². The number of ether oxygens (including phenoxy) is 2. The van der Waals surface area contributed by atoms with Crippen LogP contribution in [0.4, 0.5) is 0 Å². The van der Waals surface area contributed by atoms with E-state index in [0.717, 1.165) is 4.43 Å². The molecule has 0 unspecified atom stereocenters. The van der Waals surface area contributed by atoms with Crippen LogP contribution in [-0.4, -0.2) is 30.2 Å². The summed E-state index contributed by atoms with van der Waals surface area (Å²) in [6.45, 7) is 3.24. The Kier molecular flexibility index (Phi) is 9.91. The number of carbonyl (C=O) groups excluding carboxylic acids is 1. The summed E-state index contributed by atoms with van der Waals surface area (Å²) in [5.74, 6) is -0.194. The molecule has 0 saturated heterocycles. The van der Waals surface area contributed by atoms with Gasteiger partial charge < -0.3 is 9.47 Å². The lowest BCUT2D eigenvalue weighted by atomic mass is 10.4. The van der Waals surface area contributed by atoms with E-state index in [4.69, 9.17) is 9.47 Å². The number of rotatable bonds is 7. The van der Waals surface area contributed by atoms with E-state index < -0.39 is 0 Å². The number of halogens is 1. The van der Waals surface area contributed by atoms with Gasteiger partial charge in [0.2, 0.25) is 0 Å². The smallest absolute Gasteiger partial charge is 0.308 e. The second-order valence-electron chi connectivity index (χ2n) is 2.26. The Hall–Kier alpha value is -0.100. The minimum absolute atomic E-state index is 0.194. The fourth-order valence-corrected chi connectivity index (χ4v) is 1.03. The Bertz CT molecular complexity index is 157. The van der Waals surface area contributed by atoms with Gasteiger partial charge in [0.15, 0.2) is 0 Å². The van der Waals surface area contributed by atoms with Crippen LogP contribution < -0.4 is 0 Å². The van der Waals surface area contributed by atoms with E-state index in [9.17, 15) is 4.79 Å². The molecule has 0 aromatic heterocycles. The SMILES string of the molecule is CCOC(=O)CCOC/C=C/CI. The zero-order valence-corrected chi connectivity index (χ0v) is 9.95. The van der Waals surface area contributed by atoms with Crippen molar-refractivity contribution in [2.24, 2.45) is 0 Å². The average Bonchev–Trinajstić information content (AvgIpc) is 2.11. The van der Waals surface area contributed by atoms with Crippen molar-refractivity contribution >= 4 is 28.6 Å². The van der Waals surface area contributed by atoms with Crippen molar-refractivity contribution in [3.05, 3.63) is 12.2 Å². The Labute approximate surface area is 92.6 Å². The van der Waals surface area contributed by atoms with E-state index in [1.807, 2.05) is 12.2 Å². The van der Waals surface area contributed by atoms with Crippen LogP contribution in [0.5, 0.6) is 0 Å². The van der Waals surface area contributed by atoms with E-state index in [-0.39, 0.29) is 5.97 Å². The fraction of sp³-hybridized carbons (Fsp3) is 0.667. The second kappa shape index (κ2) is 9.98. The minimum atomic E-state index is -0.194. The molecule has 0 atom stereocenters. The molecule has 13 heavy (non-hydrogen) atoms. The topological polar surface area (TPSA) is 35.5 Å². The highest BCUT2D eigenvalue weighted by Gasteiger charge is 1.99. The van der Waals surface area contributed by atoms with Crippen LogP contribution in [0.2, 0.25) is 0 Å². The molecule has 0 aromatic carbocycles. The van der Waals surface area contributed by atoms with Crippen LogP contribution in [0.1, 0.15) is 13.3 Å². The third kappa shape index (κ3) is 9.82. The molecule has 0 saturated carbocycles. The fourth-order valence-electron chi connectivity index (χ4n) is 0.671. The number of hydrogen-bond donors (Lipinski definition) is 0. The first kappa shape index (κ1) is 12.9. The molecule has 0 fully saturated rings. The van der Waals surface area contributed by atoms with Crippen LogP contribution in [0.15, 0.2) is 12.2 Å². The first-order chi connectivity index (χ1) is 6.31. The lowest BCUT2D eigenvalue weighted by Crippen LogP contribution is -2.07. The van der Waals surface area contributed by atoms with E-state index in [1.165, 1.54) is 0 Å². The summed E-state index contributed by atoms with van der Waals surface area (Å²) in [5, 5.41) is 0. The molecule has 0 amide bonds. The summed E-state index contributed by atoms with van der Waals surface area (Å²) < 4.78 is 10.9. The highest BCUT2D eigenvalue weighted by atomic mass is 127. The number of allylic oxidation sites excluding steroid dienone is 1. The van der Waals surface area contributed by atoms with Gasteiger partial charge >= 0.3 is 5.97 Å². The van der Waals surface area contributed by atoms with Crippen LogP contribution in [-0.2, 0) is 14.3 Å². The van der Waals surface area contributed by atoms with Crippen molar-refractivity contribution in [3.63, 3.8) is 0 Å². The van der Waals surface area contributed by atoms with Gasteiger partial charge in [0.25, 0.3) is 0 Å². The Morgan fingerprint density at radius 1 is 1.46 bits per heavy atom. The van der Waals surface area contributed by atoms with Crippen molar-refractivity contribution in [2.45, 2.75) is 13.3 Å². The van der Waals surface area contributed by atoms with Gasteiger partial charge in [-0.25, -0.2) is 0 Å². The summed E-state index contributed by atoms with van der Waals surface area (Å²) in [6.07, 6.45) is 4.30. The Balaban J connectivity index is 3.15. The summed E-state index contributed by atoms with van der Waals surface area (Å²) in [5.41, 5.74) is 0. The summed E-state index contributed by atoms with van der Waals surface area (Å²) in [6, 6.07) is 0. The first-order valence-electron chi connectivity index (χ1n) is 4.25. The molecule has 0 aliphatic rings. The average molecular weight is 298 g/mol. The predicted octanol–water partition coefficient (Wildman–Crippen LogP) is 1.95. The van der Waals surface area contributed by atoms with Gasteiger partial charge in [-0.1, -0.05) is 34.7 Å². The largest absolute Gasteiger partial charge is 0.466 e. The zero-order chi connectivity index (χ0) is 9.94.